The average Bonchev–Trinajstić information content (AvgIpc) is 2.47. The smallest absolute Gasteiger partial charge is 0.256 e. The molecule has 3 aromatic rings. The number of methoxy groups -OCH3 is 1. The van der Waals surface area contributed by atoms with Crippen LogP contribution in [-0.4, -0.2) is 12.1 Å². The molecule has 0 bridgehead atoms. The number of H-pyrrole nitrogens is 1. The molecule has 0 aliphatic rings. The molecule has 1 N–H and O–H groups in total. The van der Waals surface area contributed by atoms with E-state index in [0.29, 0.717) is 6.42 Å². The SMILES string of the molecule is COc1cccc(Cc2cc3ccccc3c(=O)[nH]2)c1. The second kappa shape index (κ2) is 5.21. The number of hydrogen-bond donors (Lipinski definition) is 1. The molecule has 0 fully saturated rings. The third kappa shape index (κ3) is 2.43. The Morgan fingerprint density at radius 1 is 1.05 bits per heavy atom. The minimum absolute atomic E-state index is 0.0407. The lowest BCUT2D eigenvalue weighted by Gasteiger charge is -2.06. The average molecular weight is 265 g/mol. The molecule has 0 atom stereocenters. The van der Waals surface area contributed by atoms with Crippen molar-refractivity contribution in [2.45, 2.75) is 6.42 Å². The first-order valence-corrected chi connectivity index (χ1v) is 6.50. The maximum absolute atomic E-state index is 12.0. The highest BCUT2D eigenvalue weighted by Gasteiger charge is 2.03. The Morgan fingerprint density at radius 2 is 1.90 bits per heavy atom. The summed E-state index contributed by atoms with van der Waals surface area (Å²) in [6.45, 7) is 0. The van der Waals surface area contributed by atoms with Crippen molar-refractivity contribution < 1.29 is 4.74 Å². The number of pyridine rings is 1. The van der Waals surface area contributed by atoms with Gasteiger partial charge in [0.25, 0.3) is 5.56 Å². The molecular formula is C17H15NO2. The summed E-state index contributed by atoms with van der Waals surface area (Å²) < 4.78 is 5.21. The van der Waals surface area contributed by atoms with Gasteiger partial charge >= 0.3 is 0 Å². The molecule has 0 saturated heterocycles. The topological polar surface area (TPSA) is 42.1 Å². The second-order valence-corrected chi connectivity index (χ2v) is 4.74. The molecule has 3 rings (SSSR count). The maximum atomic E-state index is 12.0. The van der Waals surface area contributed by atoms with Crippen molar-refractivity contribution in [1.29, 1.82) is 0 Å². The summed E-state index contributed by atoms with van der Waals surface area (Å²) in [4.78, 5) is 15.0. The predicted molar refractivity (Wildman–Crippen MR) is 80.4 cm³/mol. The van der Waals surface area contributed by atoms with Crippen molar-refractivity contribution in [2.24, 2.45) is 0 Å². The number of fused-ring (bicyclic) bond motifs is 1. The van der Waals surface area contributed by atoms with Crippen molar-refractivity contribution in [1.82, 2.24) is 4.98 Å². The fraction of sp³-hybridized carbons (Fsp3) is 0.118. The number of aromatic nitrogens is 1. The molecule has 1 heterocycles. The number of aromatic amines is 1. The molecular weight excluding hydrogens is 250 g/mol. The molecule has 100 valence electrons. The van der Waals surface area contributed by atoms with Gasteiger partial charge in [-0.2, -0.15) is 0 Å². The second-order valence-electron chi connectivity index (χ2n) is 4.74. The van der Waals surface area contributed by atoms with Gasteiger partial charge in [0.2, 0.25) is 0 Å². The van der Waals surface area contributed by atoms with Crippen molar-refractivity contribution in [3.63, 3.8) is 0 Å². The zero-order chi connectivity index (χ0) is 13.9. The summed E-state index contributed by atoms with van der Waals surface area (Å²) >= 11 is 0. The number of rotatable bonds is 3. The van der Waals surface area contributed by atoms with E-state index in [4.69, 9.17) is 4.74 Å². The largest absolute Gasteiger partial charge is 0.497 e. The van der Waals surface area contributed by atoms with Crippen LogP contribution in [0.2, 0.25) is 0 Å². The summed E-state index contributed by atoms with van der Waals surface area (Å²) in [5.74, 6) is 0.825. The minimum atomic E-state index is -0.0407. The molecule has 0 radical (unpaired) electrons. The van der Waals surface area contributed by atoms with Crippen molar-refractivity contribution in [3.05, 3.63) is 76.2 Å². The van der Waals surface area contributed by atoms with Gasteiger partial charge < -0.3 is 9.72 Å². The van der Waals surface area contributed by atoms with Gasteiger partial charge in [0, 0.05) is 17.5 Å². The molecule has 0 amide bonds. The van der Waals surface area contributed by atoms with Gasteiger partial charge in [-0.15, -0.1) is 0 Å². The Balaban J connectivity index is 2.00. The van der Waals surface area contributed by atoms with Gasteiger partial charge in [-0.1, -0.05) is 30.3 Å². The third-order valence-electron chi connectivity index (χ3n) is 3.34. The first-order chi connectivity index (χ1) is 9.76. The van der Waals surface area contributed by atoms with E-state index in [1.807, 2.05) is 54.6 Å². The summed E-state index contributed by atoms with van der Waals surface area (Å²) in [7, 11) is 1.65. The first-order valence-electron chi connectivity index (χ1n) is 6.50. The summed E-state index contributed by atoms with van der Waals surface area (Å²) in [5, 5.41) is 1.69. The van der Waals surface area contributed by atoms with Crippen molar-refractivity contribution in [3.8, 4) is 5.75 Å². The predicted octanol–water partition coefficient (Wildman–Crippen LogP) is 3.13. The van der Waals surface area contributed by atoms with Crippen LogP contribution >= 0.6 is 0 Å². The van der Waals surface area contributed by atoms with Crippen LogP contribution in [0.5, 0.6) is 5.75 Å². The molecule has 0 spiro atoms. The van der Waals surface area contributed by atoms with Crippen LogP contribution in [0.4, 0.5) is 0 Å². The number of hydrogen-bond acceptors (Lipinski definition) is 2. The zero-order valence-corrected chi connectivity index (χ0v) is 11.2. The van der Waals surface area contributed by atoms with E-state index >= 15 is 0 Å². The van der Waals surface area contributed by atoms with Gasteiger partial charge in [0.15, 0.2) is 0 Å². The Kier molecular flexibility index (Phi) is 3.25. The van der Waals surface area contributed by atoms with Gasteiger partial charge in [-0.05, 0) is 35.2 Å². The highest BCUT2D eigenvalue weighted by atomic mass is 16.5. The molecule has 0 aliphatic heterocycles. The maximum Gasteiger partial charge on any atom is 0.256 e. The number of nitrogens with one attached hydrogen (secondary N) is 1. The highest BCUT2D eigenvalue weighted by molar-refractivity contribution is 5.81. The number of benzene rings is 2. The lowest BCUT2D eigenvalue weighted by molar-refractivity contribution is 0.414. The molecule has 0 aliphatic carbocycles. The van der Waals surface area contributed by atoms with Gasteiger partial charge in [0.1, 0.15) is 5.75 Å². The Bertz CT molecular complexity index is 805. The van der Waals surface area contributed by atoms with E-state index < -0.39 is 0 Å². The zero-order valence-electron chi connectivity index (χ0n) is 11.2. The molecule has 3 heteroatoms. The Morgan fingerprint density at radius 3 is 2.75 bits per heavy atom. The van der Waals surface area contributed by atoms with Crippen LogP contribution in [-0.2, 0) is 6.42 Å². The van der Waals surface area contributed by atoms with Crippen molar-refractivity contribution >= 4 is 10.8 Å². The molecule has 2 aromatic carbocycles. The fourth-order valence-corrected chi connectivity index (χ4v) is 2.36. The van der Waals surface area contributed by atoms with Crippen LogP contribution in [0, 0.1) is 0 Å². The van der Waals surface area contributed by atoms with E-state index in [-0.39, 0.29) is 5.56 Å². The first kappa shape index (κ1) is 12.5. The Hall–Kier alpha value is -2.55. The van der Waals surface area contributed by atoms with Crippen LogP contribution in [0.3, 0.4) is 0 Å². The molecule has 0 saturated carbocycles. The summed E-state index contributed by atoms with van der Waals surface area (Å²) in [6, 6.07) is 17.5. The van der Waals surface area contributed by atoms with Crippen LogP contribution in [0.1, 0.15) is 11.3 Å². The van der Waals surface area contributed by atoms with Crippen LogP contribution < -0.4 is 10.3 Å². The monoisotopic (exact) mass is 265 g/mol. The Labute approximate surface area is 116 Å². The lowest BCUT2D eigenvalue weighted by Crippen LogP contribution is -2.09. The van der Waals surface area contributed by atoms with E-state index in [1.165, 1.54) is 0 Å². The van der Waals surface area contributed by atoms with Crippen molar-refractivity contribution in [2.75, 3.05) is 7.11 Å². The van der Waals surface area contributed by atoms with E-state index in [9.17, 15) is 4.79 Å². The van der Waals surface area contributed by atoms with Gasteiger partial charge in [-0.25, -0.2) is 0 Å². The standard InChI is InChI=1S/C17H15NO2/c1-20-15-7-4-5-12(10-15)9-14-11-13-6-2-3-8-16(13)17(19)18-14/h2-8,10-11H,9H2,1H3,(H,18,19). The molecule has 20 heavy (non-hydrogen) atoms. The molecule has 1 aromatic heterocycles. The lowest BCUT2D eigenvalue weighted by atomic mass is 10.1. The van der Waals surface area contributed by atoms with E-state index in [0.717, 1.165) is 27.8 Å². The third-order valence-corrected chi connectivity index (χ3v) is 3.34. The van der Waals surface area contributed by atoms with Gasteiger partial charge in [0.05, 0.1) is 7.11 Å². The highest BCUT2D eigenvalue weighted by Crippen LogP contribution is 2.16. The fourth-order valence-electron chi connectivity index (χ4n) is 2.36. The van der Waals surface area contributed by atoms with Gasteiger partial charge in [-0.3, -0.25) is 4.79 Å². The normalized spacial score (nSPS) is 10.7. The molecule has 0 unspecified atom stereocenters. The quantitative estimate of drug-likeness (QED) is 0.790. The number of ether oxygens (including phenoxy) is 1. The summed E-state index contributed by atoms with van der Waals surface area (Å²) in [5.41, 5.74) is 1.97. The summed E-state index contributed by atoms with van der Waals surface area (Å²) in [6.07, 6.45) is 0.678. The minimum Gasteiger partial charge on any atom is -0.497 e. The van der Waals surface area contributed by atoms with Crippen LogP contribution in [0.25, 0.3) is 10.8 Å². The van der Waals surface area contributed by atoms with Crippen LogP contribution in [0.15, 0.2) is 59.4 Å². The van der Waals surface area contributed by atoms with E-state index in [2.05, 4.69) is 4.98 Å². The van der Waals surface area contributed by atoms with E-state index in [1.54, 1.807) is 7.11 Å². The molecule has 3 nitrogen and oxygen atoms in total.